The molecular formula is C11H13NO3. The number of benzene rings is 1. The van der Waals surface area contributed by atoms with Gasteiger partial charge in [0.2, 0.25) is 5.91 Å². The van der Waals surface area contributed by atoms with E-state index in [-0.39, 0.29) is 12.4 Å². The second kappa shape index (κ2) is 7.32. The van der Waals surface area contributed by atoms with Gasteiger partial charge >= 0.3 is 0 Å². The Morgan fingerprint density at radius 3 is 2.27 bits per heavy atom. The van der Waals surface area contributed by atoms with Crippen LogP contribution in [0.1, 0.15) is 5.56 Å². The molecule has 1 rings (SSSR count). The molecule has 0 aromatic heterocycles. The average molecular weight is 207 g/mol. The van der Waals surface area contributed by atoms with Gasteiger partial charge < -0.3 is 10.4 Å². The molecule has 0 aliphatic rings. The normalized spacial score (nSPS) is 8.07. The Kier molecular flexibility index (Phi) is 6.29. The van der Waals surface area contributed by atoms with E-state index in [0.29, 0.717) is 0 Å². The first-order chi connectivity index (χ1) is 7.13. The molecule has 0 heterocycles. The third-order valence-corrected chi connectivity index (χ3v) is 1.50. The van der Waals surface area contributed by atoms with E-state index in [0.717, 1.165) is 5.69 Å². The first kappa shape index (κ1) is 12.9. The van der Waals surface area contributed by atoms with Gasteiger partial charge in [-0.2, -0.15) is 0 Å². The summed E-state index contributed by atoms with van der Waals surface area (Å²) in [7, 11) is 0. The monoisotopic (exact) mass is 207 g/mol. The Bertz CT molecular complexity index is 330. The molecule has 0 bridgehead atoms. The van der Waals surface area contributed by atoms with E-state index in [4.69, 9.17) is 9.90 Å². The predicted molar refractivity (Wildman–Crippen MR) is 58.7 cm³/mol. The third kappa shape index (κ3) is 6.04. The van der Waals surface area contributed by atoms with Crippen LogP contribution in [0.25, 0.3) is 0 Å². The molecule has 4 nitrogen and oxygen atoms in total. The number of hydrogen-bond donors (Lipinski definition) is 2. The molecule has 2 N–H and O–H groups in total. The van der Waals surface area contributed by atoms with Crippen LogP contribution in [0.3, 0.4) is 0 Å². The summed E-state index contributed by atoms with van der Waals surface area (Å²) in [6.45, 7) is 5.11. The molecule has 1 aromatic carbocycles. The zero-order chi connectivity index (χ0) is 11.7. The molecule has 80 valence electrons. The van der Waals surface area contributed by atoms with Crippen molar-refractivity contribution >= 4 is 18.1 Å². The molecule has 0 unspecified atom stereocenters. The van der Waals surface area contributed by atoms with E-state index in [9.17, 15) is 4.79 Å². The van der Waals surface area contributed by atoms with Crippen LogP contribution in [0.2, 0.25) is 0 Å². The highest BCUT2D eigenvalue weighted by molar-refractivity contribution is 5.98. The van der Waals surface area contributed by atoms with Crippen LogP contribution in [0, 0.1) is 6.92 Å². The van der Waals surface area contributed by atoms with Crippen molar-refractivity contribution in [3.63, 3.8) is 0 Å². The zero-order valence-electron chi connectivity index (χ0n) is 8.43. The molecule has 0 fully saturated rings. The molecule has 0 aliphatic carbocycles. The van der Waals surface area contributed by atoms with Crippen LogP contribution in [0.5, 0.6) is 0 Å². The molecule has 1 amide bonds. The van der Waals surface area contributed by atoms with Gasteiger partial charge in [-0.3, -0.25) is 9.59 Å². The summed E-state index contributed by atoms with van der Waals surface area (Å²) in [4.78, 5) is 19.2. The first-order valence-electron chi connectivity index (χ1n) is 4.22. The Hall–Kier alpha value is -2.10. The molecule has 0 saturated carbocycles. The van der Waals surface area contributed by atoms with Gasteiger partial charge in [-0.1, -0.05) is 24.3 Å². The van der Waals surface area contributed by atoms with Crippen molar-refractivity contribution in [1.82, 2.24) is 0 Å². The van der Waals surface area contributed by atoms with Crippen molar-refractivity contribution in [2.24, 2.45) is 0 Å². The van der Waals surface area contributed by atoms with Crippen molar-refractivity contribution in [3.05, 3.63) is 42.5 Å². The number of hydrogen-bond acceptors (Lipinski definition) is 2. The first-order valence-corrected chi connectivity index (χ1v) is 4.22. The molecule has 0 radical (unpaired) electrons. The van der Waals surface area contributed by atoms with E-state index < -0.39 is 0 Å². The molecular weight excluding hydrogens is 194 g/mol. The number of carbonyl (C=O) groups excluding carboxylic acids is 1. The summed E-state index contributed by atoms with van der Waals surface area (Å²) >= 11 is 0. The van der Waals surface area contributed by atoms with E-state index in [1.54, 1.807) is 0 Å². The van der Waals surface area contributed by atoms with Crippen molar-refractivity contribution in [3.8, 4) is 0 Å². The summed E-state index contributed by atoms with van der Waals surface area (Å²) < 4.78 is 0. The zero-order valence-corrected chi connectivity index (χ0v) is 8.43. The van der Waals surface area contributed by atoms with Gasteiger partial charge in [-0.15, -0.1) is 0 Å². The topological polar surface area (TPSA) is 66.4 Å². The highest BCUT2D eigenvalue weighted by Gasteiger charge is 1.94. The van der Waals surface area contributed by atoms with Gasteiger partial charge in [0.25, 0.3) is 6.47 Å². The Morgan fingerprint density at radius 2 is 1.87 bits per heavy atom. The van der Waals surface area contributed by atoms with E-state index in [1.165, 1.54) is 11.6 Å². The van der Waals surface area contributed by atoms with Crippen LogP contribution in [-0.4, -0.2) is 17.5 Å². The lowest BCUT2D eigenvalue weighted by Gasteiger charge is -2.01. The van der Waals surface area contributed by atoms with Crippen molar-refractivity contribution in [1.29, 1.82) is 0 Å². The molecule has 0 saturated heterocycles. The Labute approximate surface area is 88.2 Å². The fraction of sp³-hybridized carbons (Fsp3) is 0.0909. The average Bonchev–Trinajstić information content (AvgIpc) is 2.22. The molecule has 0 aliphatic heterocycles. The van der Waals surface area contributed by atoms with Gasteiger partial charge in [0, 0.05) is 5.69 Å². The second-order valence-electron chi connectivity index (χ2n) is 2.66. The van der Waals surface area contributed by atoms with Crippen molar-refractivity contribution in [2.45, 2.75) is 6.92 Å². The number of rotatable bonds is 2. The predicted octanol–water partition coefficient (Wildman–Crippen LogP) is 1.82. The molecule has 0 atom stereocenters. The van der Waals surface area contributed by atoms with Gasteiger partial charge in [-0.25, -0.2) is 0 Å². The number of carboxylic acid groups (broad SMARTS) is 1. The maximum absolute atomic E-state index is 10.8. The standard InChI is InChI=1S/C10H11NO.CH2O2/c1-3-10(12)11-9-6-4-8(2)5-7-9;2-1-3/h3-7H,1H2,2H3,(H,11,12);1H,(H,2,3). The van der Waals surface area contributed by atoms with Crippen molar-refractivity contribution in [2.75, 3.05) is 5.32 Å². The number of aryl methyl sites for hydroxylation is 1. The van der Waals surface area contributed by atoms with Crippen LogP contribution < -0.4 is 5.32 Å². The number of amides is 1. The Morgan fingerprint density at radius 1 is 1.40 bits per heavy atom. The number of anilines is 1. The minimum atomic E-state index is -0.250. The van der Waals surface area contributed by atoms with Gasteiger partial charge in [0.1, 0.15) is 0 Å². The fourth-order valence-corrected chi connectivity index (χ4v) is 0.830. The lowest BCUT2D eigenvalue weighted by Crippen LogP contribution is -2.06. The maximum Gasteiger partial charge on any atom is 0.290 e. The summed E-state index contributed by atoms with van der Waals surface area (Å²) in [6.07, 6.45) is 1.25. The largest absolute Gasteiger partial charge is 0.483 e. The molecule has 15 heavy (non-hydrogen) atoms. The second-order valence-corrected chi connectivity index (χ2v) is 2.66. The number of nitrogens with one attached hydrogen (secondary N) is 1. The molecule has 1 aromatic rings. The molecule has 0 spiro atoms. The SMILES string of the molecule is C=CC(=O)Nc1ccc(C)cc1.O=CO. The van der Waals surface area contributed by atoms with Gasteiger partial charge in [0.15, 0.2) is 0 Å². The van der Waals surface area contributed by atoms with E-state index >= 15 is 0 Å². The quantitative estimate of drug-likeness (QED) is 0.574. The van der Waals surface area contributed by atoms with Crippen LogP contribution >= 0.6 is 0 Å². The van der Waals surface area contributed by atoms with Crippen molar-refractivity contribution < 1.29 is 14.7 Å². The lowest BCUT2D eigenvalue weighted by atomic mass is 10.2. The minimum absolute atomic E-state index is 0.182. The summed E-state index contributed by atoms with van der Waals surface area (Å²) in [5.41, 5.74) is 1.97. The van der Waals surface area contributed by atoms with Gasteiger partial charge in [0.05, 0.1) is 0 Å². The highest BCUT2D eigenvalue weighted by atomic mass is 16.3. The smallest absolute Gasteiger partial charge is 0.290 e. The number of carbonyl (C=O) groups is 2. The van der Waals surface area contributed by atoms with E-state index in [1.807, 2.05) is 31.2 Å². The summed E-state index contributed by atoms with van der Waals surface area (Å²) in [6, 6.07) is 7.60. The van der Waals surface area contributed by atoms with E-state index in [2.05, 4.69) is 11.9 Å². The fourth-order valence-electron chi connectivity index (χ4n) is 0.830. The Balaban J connectivity index is 0.000000583. The van der Waals surface area contributed by atoms with Crippen LogP contribution in [0.4, 0.5) is 5.69 Å². The summed E-state index contributed by atoms with van der Waals surface area (Å²) in [5, 5.41) is 9.55. The minimum Gasteiger partial charge on any atom is -0.483 e. The maximum atomic E-state index is 10.8. The molecule has 4 heteroatoms. The third-order valence-electron chi connectivity index (χ3n) is 1.50. The summed E-state index contributed by atoms with van der Waals surface area (Å²) in [5.74, 6) is -0.182. The lowest BCUT2D eigenvalue weighted by molar-refractivity contribution is -0.122. The van der Waals surface area contributed by atoms with Gasteiger partial charge in [-0.05, 0) is 25.1 Å². The highest BCUT2D eigenvalue weighted by Crippen LogP contribution is 2.07. The van der Waals surface area contributed by atoms with Crippen LogP contribution in [-0.2, 0) is 9.59 Å². The van der Waals surface area contributed by atoms with Crippen LogP contribution in [0.15, 0.2) is 36.9 Å².